The van der Waals surface area contributed by atoms with E-state index in [-0.39, 0.29) is 16.6 Å². The van der Waals surface area contributed by atoms with Gasteiger partial charge in [-0.05, 0) is 23.8 Å². The van der Waals surface area contributed by atoms with Gasteiger partial charge in [-0.25, -0.2) is 17.7 Å². The van der Waals surface area contributed by atoms with Gasteiger partial charge in [0, 0.05) is 38.4 Å². The number of carbonyl (C=O) groups is 1. The summed E-state index contributed by atoms with van der Waals surface area (Å²) in [5.41, 5.74) is 1.03. The Morgan fingerprint density at radius 2 is 1.85 bits per heavy atom. The van der Waals surface area contributed by atoms with Crippen molar-refractivity contribution in [3.05, 3.63) is 52.6 Å². The van der Waals surface area contributed by atoms with E-state index in [0.717, 1.165) is 14.3 Å². The summed E-state index contributed by atoms with van der Waals surface area (Å²) in [6, 6.07) is 10.9. The van der Waals surface area contributed by atoms with Crippen LogP contribution in [0.15, 0.2) is 57.0 Å². The average Bonchev–Trinajstić information content (AvgIpc) is 2.61. The first-order chi connectivity index (χ1) is 12.2. The van der Waals surface area contributed by atoms with Crippen LogP contribution in [0.4, 0.5) is 0 Å². The van der Waals surface area contributed by atoms with E-state index < -0.39 is 10.0 Å². The van der Waals surface area contributed by atoms with Crippen molar-refractivity contribution in [3.8, 4) is 0 Å². The van der Waals surface area contributed by atoms with Crippen LogP contribution in [-0.4, -0.2) is 55.4 Å². The Morgan fingerprint density at radius 1 is 1.15 bits per heavy atom. The van der Waals surface area contributed by atoms with E-state index >= 15 is 0 Å². The lowest BCUT2D eigenvalue weighted by Crippen LogP contribution is -2.28. The van der Waals surface area contributed by atoms with Crippen LogP contribution in [0.25, 0.3) is 0 Å². The maximum Gasteiger partial charge on any atom is 0.244 e. The number of nitrogens with zero attached hydrogens (tertiary/aromatic N) is 3. The summed E-state index contributed by atoms with van der Waals surface area (Å²) in [7, 11) is 1.20. The number of rotatable bonds is 7. The number of halogens is 1. The number of amides is 1. The van der Waals surface area contributed by atoms with E-state index in [1.54, 1.807) is 18.0 Å². The van der Waals surface area contributed by atoms with Gasteiger partial charge in [-0.1, -0.05) is 45.9 Å². The molecular weight excluding hydrogens is 438 g/mol. The summed E-state index contributed by atoms with van der Waals surface area (Å²) in [5.74, 6) is 0.200. The molecule has 9 heteroatoms. The number of hydrogen-bond donors (Lipinski definition) is 0. The van der Waals surface area contributed by atoms with Gasteiger partial charge in [0.25, 0.3) is 0 Å². The van der Waals surface area contributed by atoms with Crippen molar-refractivity contribution in [2.45, 2.75) is 16.5 Å². The number of pyridine rings is 1. The first-order valence-electron chi connectivity index (χ1n) is 7.70. The van der Waals surface area contributed by atoms with Crippen LogP contribution in [0.1, 0.15) is 5.56 Å². The highest BCUT2D eigenvalue weighted by molar-refractivity contribution is 9.10. The molecule has 0 saturated carbocycles. The Bertz CT molecular complexity index is 871. The Labute approximate surface area is 166 Å². The first-order valence-corrected chi connectivity index (χ1v) is 10.9. The third kappa shape index (κ3) is 5.29. The average molecular weight is 458 g/mol. The number of aromatic nitrogens is 1. The Morgan fingerprint density at radius 3 is 2.42 bits per heavy atom. The molecule has 0 saturated heterocycles. The number of sulfonamides is 1. The zero-order valence-electron chi connectivity index (χ0n) is 14.7. The van der Waals surface area contributed by atoms with Gasteiger partial charge in [0.15, 0.2) is 0 Å². The van der Waals surface area contributed by atoms with Crippen molar-refractivity contribution >= 4 is 43.6 Å². The molecule has 0 atom stereocenters. The minimum absolute atomic E-state index is 0.0301. The highest BCUT2D eigenvalue weighted by Crippen LogP contribution is 2.20. The molecule has 0 bridgehead atoms. The molecule has 6 nitrogen and oxygen atoms in total. The summed E-state index contributed by atoms with van der Waals surface area (Å²) in [4.78, 5) is 18.2. The Hall–Kier alpha value is -1.42. The van der Waals surface area contributed by atoms with E-state index in [1.165, 1.54) is 38.1 Å². The smallest absolute Gasteiger partial charge is 0.244 e. The third-order valence-corrected chi connectivity index (χ3v) is 7.12. The fourth-order valence-electron chi connectivity index (χ4n) is 2.03. The normalized spacial score (nSPS) is 11.6. The number of carbonyl (C=O) groups excluding carboxylic acids is 1. The minimum atomic E-state index is -3.50. The third-order valence-electron chi connectivity index (χ3n) is 3.62. The maximum absolute atomic E-state index is 12.3. The summed E-state index contributed by atoms with van der Waals surface area (Å²) < 4.78 is 26.1. The van der Waals surface area contributed by atoms with Crippen molar-refractivity contribution in [1.29, 1.82) is 0 Å². The molecule has 0 radical (unpaired) electrons. The fourth-order valence-corrected chi connectivity index (χ4v) is 4.07. The lowest BCUT2D eigenvalue weighted by Gasteiger charge is -2.18. The summed E-state index contributed by atoms with van der Waals surface area (Å²) in [6.45, 7) is 0.508. The van der Waals surface area contributed by atoms with Crippen molar-refractivity contribution < 1.29 is 13.2 Å². The van der Waals surface area contributed by atoms with Crippen molar-refractivity contribution in [2.24, 2.45) is 0 Å². The fraction of sp³-hybridized carbons (Fsp3) is 0.294. The summed E-state index contributed by atoms with van der Waals surface area (Å²) in [5, 5.41) is 0.602. The van der Waals surface area contributed by atoms with Gasteiger partial charge >= 0.3 is 0 Å². The largest absolute Gasteiger partial charge is 0.341 e. The highest BCUT2D eigenvalue weighted by Gasteiger charge is 2.18. The van der Waals surface area contributed by atoms with Gasteiger partial charge in [-0.2, -0.15) is 0 Å². The molecule has 26 heavy (non-hydrogen) atoms. The minimum Gasteiger partial charge on any atom is -0.341 e. The first kappa shape index (κ1) is 20.9. The van der Waals surface area contributed by atoms with Gasteiger partial charge < -0.3 is 4.90 Å². The van der Waals surface area contributed by atoms with Crippen LogP contribution < -0.4 is 0 Å². The molecule has 1 aromatic carbocycles. The molecule has 1 amide bonds. The van der Waals surface area contributed by atoms with E-state index in [4.69, 9.17) is 0 Å². The molecule has 0 unspecified atom stereocenters. The zero-order chi connectivity index (χ0) is 19.3. The topological polar surface area (TPSA) is 70.6 Å². The predicted molar refractivity (Wildman–Crippen MR) is 106 cm³/mol. The van der Waals surface area contributed by atoms with Crippen LogP contribution in [0.3, 0.4) is 0 Å². The van der Waals surface area contributed by atoms with E-state index in [0.29, 0.717) is 11.6 Å². The van der Waals surface area contributed by atoms with Crippen LogP contribution in [0, 0.1) is 0 Å². The lowest BCUT2D eigenvalue weighted by atomic mass is 10.2. The van der Waals surface area contributed by atoms with Gasteiger partial charge in [0.2, 0.25) is 15.9 Å². The lowest BCUT2D eigenvalue weighted by molar-refractivity contribution is -0.127. The molecule has 0 aliphatic heterocycles. The van der Waals surface area contributed by atoms with Crippen LogP contribution in [0.5, 0.6) is 0 Å². The van der Waals surface area contributed by atoms with E-state index in [2.05, 4.69) is 20.9 Å². The van der Waals surface area contributed by atoms with Crippen LogP contribution in [0.2, 0.25) is 0 Å². The quantitative estimate of drug-likeness (QED) is 0.597. The van der Waals surface area contributed by atoms with E-state index in [9.17, 15) is 13.2 Å². The van der Waals surface area contributed by atoms with Gasteiger partial charge in [0.05, 0.1) is 10.8 Å². The van der Waals surface area contributed by atoms with Gasteiger partial charge in [0.1, 0.15) is 4.90 Å². The second-order valence-electron chi connectivity index (χ2n) is 5.75. The molecule has 2 aromatic rings. The summed E-state index contributed by atoms with van der Waals surface area (Å²) >= 11 is 4.75. The molecule has 0 aliphatic carbocycles. The molecule has 140 valence electrons. The van der Waals surface area contributed by atoms with E-state index in [1.807, 2.05) is 24.3 Å². The SMILES string of the molecule is CN(Cc1ccccc1Br)C(=O)CSc1ccc(S(=O)(=O)N(C)C)cn1. The molecular formula is C17H20BrN3O3S2. The van der Waals surface area contributed by atoms with Gasteiger partial charge in [-0.3, -0.25) is 4.79 Å². The number of hydrogen-bond acceptors (Lipinski definition) is 5. The monoisotopic (exact) mass is 457 g/mol. The number of benzene rings is 1. The second-order valence-corrected chi connectivity index (χ2v) is 9.75. The standard InChI is InChI=1S/C17H20BrN3O3S2/c1-20(2)26(23,24)14-8-9-16(19-10-14)25-12-17(22)21(3)11-13-6-4-5-7-15(13)18/h4-10H,11-12H2,1-3H3. The van der Waals surface area contributed by atoms with Gasteiger partial charge in [-0.15, -0.1) is 0 Å². The molecule has 0 spiro atoms. The Kier molecular flexibility index (Phi) is 7.22. The highest BCUT2D eigenvalue weighted by atomic mass is 79.9. The predicted octanol–water partition coefficient (Wildman–Crippen LogP) is 2.85. The molecule has 0 fully saturated rings. The molecule has 1 heterocycles. The molecule has 0 aliphatic rings. The zero-order valence-corrected chi connectivity index (χ0v) is 17.9. The number of thioether (sulfide) groups is 1. The molecule has 2 rings (SSSR count). The molecule has 0 N–H and O–H groups in total. The maximum atomic E-state index is 12.3. The van der Waals surface area contributed by atoms with Crippen molar-refractivity contribution in [2.75, 3.05) is 26.9 Å². The Balaban J connectivity index is 1.94. The van der Waals surface area contributed by atoms with Crippen LogP contribution in [-0.2, 0) is 21.4 Å². The summed E-state index contributed by atoms with van der Waals surface area (Å²) in [6.07, 6.45) is 1.31. The van der Waals surface area contributed by atoms with Crippen molar-refractivity contribution in [1.82, 2.24) is 14.2 Å². The second kappa shape index (κ2) is 8.98. The van der Waals surface area contributed by atoms with Crippen molar-refractivity contribution in [3.63, 3.8) is 0 Å². The van der Waals surface area contributed by atoms with Crippen LogP contribution >= 0.6 is 27.7 Å². The molecule has 1 aromatic heterocycles.